The van der Waals surface area contributed by atoms with Gasteiger partial charge in [0.25, 0.3) is 0 Å². The highest BCUT2D eigenvalue weighted by atomic mass is 79.9. The number of thioether (sulfide) groups is 1. The standard InChI is InChI=1S/C13H21BrN2S/c1-10(6-7-17-3)16(2)9-11-4-5-12(14)8-13(11)15/h4-5,8,10H,6-7,9,15H2,1-3H3. The molecule has 0 radical (unpaired) electrons. The Morgan fingerprint density at radius 1 is 1.47 bits per heavy atom. The van der Waals surface area contributed by atoms with Crippen molar-refractivity contribution in [3.05, 3.63) is 28.2 Å². The zero-order chi connectivity index (χ0) is 12.8. The Kier molecular flexibility index (Phi) is 6.38. The first-order valence-corrected chi connectivity index (χ1v) is 7.96. The second-order valence-corrected chi connectivity index (χ2v) is 6.29. The van der Waals surface area contributed by atoms with Crippen LogP contribution in [0.3, 0.4) is 0 Å². The molecule has 0 heterocycles. The molecule has 1 atom stereocenters. The number of halogens is 1. The van der Waals surface area contributed by atoms with E-state index in [1.54, 1.807) is 0 Å². The van der Waals surface area contributed by atoms with Crippen LogP contribution in [0.5, 0.6) is 0 Å². The second kappa shape index (κ2) is 7.29. The lowest BCUT2D eigenvalue weighted by Gasteiger charge is -2.25. The number of hydrogen-bond donors (Lipinski definition) is 1. The molecule has 17 heavy (non-hydrogen) atoms. The number of nitrogens with two attached hydrogens (primary N) is 1. The molecule has 0 aliphatic heterocycles. The second-order valence-electron chi connectivity index (χ2n) is 4.39. The molecule has 0 aliphatic rings. The van der Waals surface area contributed by atoms with E-state index < -0.39 is 0 Å². The Hall–Kier alpha value is -0.190. The van der Waals surface area contributed by atoms with Crippen LogP contribution < -0.4 is 5.73 Å². The van der Waals surface area contributed by atoms with Gasteiger partial charge < -0.3 is 5.73 Å². The normalized spacial score (nSPS) is 13.0. The summed E-state index contributed by atoms with van der Waals surface area (Å²) < 4.78 is 1.04. The summed E-state index contributed by atoms with van der Waals surface area (Å²) in [6.07, 6.45) is 3.37. The van der Waals surface area contributed by atoms with E-state index in [2.05, 4.69) is 47.1 Å². The molecule has 1 aromatic carbocycles. The average Bonchev–Trinajstić information content (AvgIpc) is 2.29. The molecule has 0 bridgehead atoms. The lowest BCUT2D eigenvalue weighted by Crippen LogP contribution is -2.29. The Balaban J connectivity index is 2.58. The highest BCUT2D eigenvalue weighted by Gasteiger charge is 2.10. The van der Waals surface area contributed by atoms with E-state index in [0.717, 1.165) is 16.7 Å². The van der Waals surface area contributed by atoms with Crippen LogP contribution in [0.15, 0.2) is 22.7 Å². The van der Waals surface area contributed by atoms with Crippen LogP contribution in [0.2, 0.25) is 0 Å². The van der Waals surface area contributed by atoms with Crippen molar-refractivity contribution in [2.75, 3.05) is 24.8 Å². The van der Waals surface area contributed by atoms with Gasteiger partial charge in [-0.2, -0.15) is 11.8 Å². The number of hydrogen-bond acceptors (Lipinski definition) is 3. The number of nitrogen functional groups attached to an aromatic ring is 1. The van der Waals surface area contributed by atoms with Crippen LogP contribution in [-0.4, -0.2) is 30.0 Å². The third-order valence-corrected chi connectivity index (χ3v) is 4.16. The first-order chi connectivity index (χ1) is 8.04. The molecule has 1 aromatic rings. The van der Waals surface area contributed by atoms with E-state index in [1.807, 2.05) is 23.9 Å². The Labute approximate surface area is 117 Å². The third kappa shape index (κ3) is 4.90. The summed E-state index contributed by atoms with van der Waals surface area (Å²) in [6, 6.07) is 6.70. The van der Waals surface area contributed by atoms with E-state index in [1.165, 1.54) is 17.7 Å². The summed E-state index contributed by atoms with van der Waals surface area (Å²) in [7, 11) is 2.16. The maximum atomic E-state index is 6.01. The minimum Gasteiger partial charge on any atom is -0.398 e. The molecule has 4 heteroatoms. The van der Waals surface area contributed by atoms with Crippen molar-refractivity contribution in [2.24, 2.45) is 0 Å². The molecule has 2 nitrogen and oxygen atoms in total. The largest absolute Gasteiger partial charge is 0.398 e. The van der Waals surface area contributed by atoms with Gasteiger partial charge in [0.15, 0.2) is 0 Å². The number of benzene rings is 1. The van der Waals surface area contributed by atoms with Crippen LogP contribution in [-0.2, 0) is 6.54 Å². The van der Waals surface area contributed by atoms with Gasteiger partial charge in [0.2, 0.25) is 0 Å². The molecular weight excluding hydrogens is 296 g/mol. The minimum absolute atomic E-state index is 0.588. The minimum atomic E-state index is 0.588. The van der Waals surface area contributed by atoms with Crippen molar-refractivity contribution in [2.45, 2.75) is 25.9 Å². The summed E-state index contributed by atoms with van der Waals surface area (Å²) in [5.41, 5.74) is 8.07. The molecule has 2 N–H and O–H groups in total. The molecule has 1 rings (SSSR count). The first kappa shape index (κ1) is 14.9. The zero-order valence-electron chi connectivity index (χ0n) is 10.7. The van der Waals surface area contributed by atoms with Crippen LogP contribution >= 0.6 is 27.7 Å². The molecule has 96 valence electrons. The summed E-state index contributed by atoms with van der Waals surface area (Å²) in [5.74, 6) is 1.21. The van der Waals surface area contributed by atoms with Gasteiger partial charge in [-0.15, -0.1) is 0 Å². The maximum absolute atomic E-state index is 6.01. The number of anilines is 1. The van der Waals surface area contributed by atoms with Crippen molar-refractivity contribution in [3.8, 4) is 0 Å². The molecule has 0 aliphatic carbocycles. The fourth-order valence-electron chi connectivity index (χ4n) is 1.64. The molecule has 0 fully saturated rings. The van der Waals surface area contributed by atoms with Gasteiger partial charge in [-0.1, -0.05) is 22.0 Å². The quantitative estimate of drug-likeness (QED) is 0.813. The van der Waals surface area contributed by atoms with Gasteiger partial charge >= 0.3 is 0 Å². The van der Waals surface area contributed by atoms with Crippen LogP contribution in [0, 0.1) is 0 Å². The third-order valence-electron chi connectivity index (χ3n) is 3.02. The van der Waals surface area contributed by atoms with Crippen molar-refractivity contribution < 1.29 is 0 Å². The maximum Gasteiger partial charge on any atom is 0.0371 e. The molecule has 1 unspecified atom stereocenters. The fraction of sp³-hybridized carbons (Fsp3) is 0.538. The highest BCUT2D eigenvalue weighted by Crippen LogP contribution is 2.20. The molecule has 0 saturated heterocycles. The SMILES string of the molecule is CSCCC(C)N(C)Cc1ccc(Br)cc1N. The van der Waals surface area contributed by atoms with E-state index in [-0.39, 0.29) is 0 Å². The molecular formula is C13H21BrN2S. The molecule has 0 saturated carbocycles. The highest BCUT2D eigenvalue weighted by molar-refractivity contribution is 9.10. The van der Waals surface area contributed by atoms with Gasteiger partial charge in [-0.3, -0.25) is 4.90 Å². The molecule has 0 amide bonds. The van der Waals surface area contributed by atoms with Gasteiger partial charge in [0.1, 0.15) is 0 Å². The number of nitrogens with zero attached hydrogens (tertiary/aromatic N) is 1. The summed E-state index contributed by atoms with van der Waals surface area (Å²) in [4.78, 5) is 2.36. The Morgan fingerprint density at radius 2 is 2.18 bits per heavy atom. The Morgan fingerprint density at radius 3 is 2.76 bits per heavy atom. The van der Waals surface area contributed by atoms with Gasteiger partial charge in [-0.05, 0) is 50.1 Å². The summed E-state index contributed by atoms with van der Waals surface area (Å²) in [5, 5.41) is 0. The van der Waals surface area contributed by atoms with E-state index in [0.29, 0.717) is 6.04 Å². The lowest BCUT2D eigenvalue weighted by atomic mass is 10.1. The van der Waals surface area contributed by atoms with Crippen molar-refractivity contribution in [1.29, 1.82) is 0 Å². The van der Waals surface area contributed by atoms with E-state index in [4.69, 9.17) is 5.73 Å². The van der Waals surface area contributed by atoms with Gasteiger partial charge in [-0.25, -0.2) is 0 Å². The topological polar surface area (TPSA) is 29.3 Å². The van der Waals surface area contributed by atoms with Crippen molar-refractivity contribution in [3.63, 3.8) is 0 Å². The van der Waals surface area contributed by atoms with Crippen molar-refractivity contribution in [1.82, 2.24) is 4.90 Å². The summed E-state index contributed by atoms with van der Waals surface area (Å²) in [6.45, 7) is 3.18. The lowest BCUT2D eigenvalue weighted by molar-refractivity contribution is 0.245. The average molecular weight is 317 g/mol. The number of rotatable bonds is 6. The van der Waals surface area contributed by atoms with Gasteiger partial charge in [0, 0.05) is 22.7 Å². The first-order valence-electron chi connectivity index (χ1n) is 5.77. The summed E-state index contributed by atoms with van der Waals surface area (Å²) >= 11 is 5.33. The predicted octanol–water partition coefficient (Wildman–Crippen LogP) is 3.60. The van der Waals surface area contributed by atoms with Crippen molar-refractivity contribution >= 4 is 33.4 Å². The van der Waals surface area contributed by atoms with Gasteiger partial charge in [0.05, 0.1) is 0 Å². The molecule has 0 aromatic heterocycles. The zero-order valence-corrected chi connectivity index (χ0v) is 13.1. The predicted molar refractivity (Wildman–Crippen MR) is 82.5 cm³/mol. The van der Waals surface area contributed by atoms with E-state index in [9.17, 15) is 0 Å². The fourth-order valence-corrected chi connectivity index (χ4v) is 2.60. The molecule has 0 spiro atoms. The van der Waals surface area contributed by atoms with E-state index >= 15 is 0 Å². The smallest absolute Gasteiger partial charge is 0.0371 e. The van der Waals surface area contributed by atoms with Crippen LogP contribution in [0.1, 0.15) is 18.9 Å². The van der Waals surface area contributed by atoms with Crippen LogP contribution in [0.25, 0.3) is 0 Å². The Bertz CT molecular complexity index is 357. The van der Waals surface area contributed by atoms with Crippen LogP contribution in [0.4, 0.5) is 5.69 Å². The monoisotopic (exact) mass is 316 g/mol.